The van der Waals surface area contributed by atoms with Crippen LogP contribution < -0.4 is 15.4 Å². The molecule has 0 bridgehead atoms. The summed E-state index contributed by atoms with van der Waals surface area (Å²) in [5.41, 5.74) is 0.501. The fourth-order valence-corrected chi connectivity index (χ4v) is 2.12. The van der Waals surface area contributed by atoms with Crippen LogP contribution in [-0.2, 0) is 9.53 Å². The third-order valence-corrected chi connectivity index (χ3v) is 3.49. The van der Waals surface area contributed by atoms with Crippen molar-refractivity contribution in [2.45, 2.75) is 6.42 Å². The molecule has 1 heterocycles. The maximum absolute atomic E-state index is 12.4. The molecular weight excluding hydrogens is 336 g/mol. The lowest BCUT2D eigenvalue weighted by Crippen LogP contribution is -2.35. The Morgan fingerprint density at radius 1 is 1.15 bits per heavy atom. The fraction of sp³-hybridized carbons (Fsp3) is 0.263. The second-order valence-corrected chi connectivity index (χ2v) is 5.36. The number of methoxy groups -OCH3 is 2. The standard InChI is InChI=1S/C19H22N2O5/c1-24-11-4-10-20-19(23)17(13-16-5-3-12-26-16)21-18(22)14-6-8-15(25-2)9-7-14/h3,5-9,12-13H,4,10-11H2,1-2H3,(H,20,23)(H,21,22)/b17-13+. The summed E-state index contributed by atoms with van der Waals surface area (Å²) in [5, 5.41) is 5.37. The van der Waals surface area contributed by atoms with Crippen molar-refractivity contribution >= 4 is 17.9 Å². The first kappa shape index (κ1) is 19.3. The smallest absolute Gasteiger partial charge is 0.267 e. The van der Waals surface area contributed by atoms with Crippen molar-refractivity contribution in [1.82, 2.24) is 10.6 Å². The topological polar surface area (TPSA) is 89.8 Å². The fourth-order valence-electron chi connectivity index (χ4n) is 2.12. The third kappa shape index (κ3) is 5.78. The first-order valence-electron chi connectivity index (χ1n) is 8.11. The van der Waals surface area contributed by atoms with E-state index < -0.39 is 11.8 Å². The summed E-state index contributed by atoms with van der Waals surface area (Å²) in [6, 6.07) is 9.98. The van der Waals surface area contributed by atoms with E-state index in [0.717, 1.165) is 0 Å². The van der Waals surface area contributed by atoms with Crippen molar-refractivity contribution in [3.05, 3.63) is 59.7 Å². The van der Waals surface area contributed by atoms with Gasteiger partial charge in [-0.1, -0.05) is 0 Å². The number of furan rings is 1. The first-order valence-corrected chi connectivity index (χ1v) is 8.11. The lowest BCUT2D eigenvalue weighted by atomic mass is 10.2. The number of amides is 2. The number of hydrogen-bond donors (Lipinski definition) is 2. The van der Waals surface area contributed by atoms with Gasteiger partial charge in [-0.2, -0.15) is 0 Å². The van der Waals surface area contributed by atoms with Gasteiger partial charge in [0.2, 0.25) is 0 Å². The van der Waals surface area contributed by atoms with Crippen molar-refractivity contribution in [3.63, 3.8) is 0 Å². The van der Waals surface area contributed by atoms with Crippen LogP contribution in [0, 0.1) is 0 Å². The van der Waals surface area contributed by atoms with Crippen molar-refractivity contribution in [3.8, 4) is 5.75 Å². The van der Waals surface area contributed by atoms with Crippen LogP contribution in [0.1, 0.15) is 22.5 Å². The molecule has 2 aromatic rings. The lowest BCUT2D eigenvalue weighted by Gasteiger charge is -2.11. The van der Waals surface area contributed by atoms with Crippen LogP contribution in [0.2, 0.25) is 0 Å². The molecule has 0 unspecified atom stereocenters. The second kappa shape index (κ2) is 10.0. The number of ether oxygens (including phenoxy) is 2. The summed E-state index contributed by atoms with van der Waals surface area (Å²) in [5.74, 6) is 0.294. The van der Waals surface area contributed by atoms with Crippen molar-refractivity contribution < 1.29 is 23.5 Å². The number of carbonyl (C=O) groups excluding carboxylic acids is 2. The zero-order valence-corrected chi connectivity index (χ0v) is 14.8. The van der Waals surface area contributed by atoms with E-state index in [9.17, 15) is 9.59 Å². The van der Waals surface area contributed by atoms with Gasteiger partial charge in [-0.15, -0.1) is 0 Å². The number of benzene rings is 1. The maximum Gasteiger partial charge on any atom is 0.267 e. The largest absolute Gasteiger partial charge is 0.497 e. The van der Waals surface area contributed by atoms with E-state index in [2.05, 4.69) is 10.6 Å². The number of carbonyl (C=O) groups is 2. The van der Waals surface area contributed by atoms with E-state index in [1.54, 1.807) is 50.6 Å². The number of hydrogen-bond acceptors (Lipinski definition) is 5. The molecule has 0 atom stereocenters. The van der Waals surface area contributed by atoms with Crippen molar-refractivity contribution in [1.29, 1.82) is 0 Å². The zero-order chi connectivity index (χ0) is 18.8. The molecule has 0 radical (unpaired) electrons. The molecule has 2 rings (SSSR count). The summed E-state index contributed by atoms with van der Waals surface area (Å²) in [4.78, 5) is 24.8. The van der Waals surface area contributed by atoms with Crippen LogP contribution >= 0.6 is 0 Å². The maximum atomic E-state index is 12.4. The average molecular weight is 358 g/mol. The SMILES string of the molecule is COCCCNC(=O)/C(=C\c1ccco1)NC(=O)c1ccc(OC)cc1. The predicted octanol–water partition coefficient (Wildman–Crippen LogP) is 2.21. The molecule has 0 saturated heterocycles. The summed E-state index contributed by atoms with van der Waals surface area (Å²) in [6.45, 7) is 0.969. The van der Waals surface area contributed by atoms with Gasteiger partial charge in [0.05, 0.1) is 13.4 Å². The minimum Gasteiger partial charge on any atom is -0.497 e. The summed E-state index contributed by atoms with van der Waals surface area (Å²) in [7, 11) is 3.15. The van der Waals surface area contributed by atoms with E-state index in [4.69, 9.17) is 13.9 Å². The summed E-state index contributed by atoms with van der Waals surface area (Å²) < 4.78 is 15.3. The van der Waals surface area contributed by atoms with Gasteiger partial charge in [-0.25, -0.2) is 0 Å². The molecule has 7 nitrogen and oxygen atoms in total. The zero-order valence-electron chi connectivity index (χ0n) is 14.8. The molecule has 0 fully saturated rings. The van der Waals surface area contributed by atoms with Crippen LogP contribution in [0.4, 0.5) is 0 Å². The molecule has 0 aliphatic heterocycles. The van der Waals surface area contributed by atoms with Gasteiger partial charge in [0.1, 0.15) is 17.2 Å². The van der Waals surface area contributed by atoms with Gasteiger partial charge in [0.15, 0.2) is 0 Å². The Morgan fingerprint density at radius 3 is 2.54 bits per heavy atom. The number of rotatable bonds is 9. The molecule has 1 aromatic heterocycles. The molecule has 0 spiro atoms. The van der Waals surface area contributed by atoms with E-state index in [1.807, 2.05) is 0 Å². The molecule has 138 valence electrons. The Labute approximate surface area is 152 Å². The molecule has 2 amide bonds. The molecule has 1 aromatic carbocycles. The van der Waals surface area contributed by atoms with E-state index in [-0.39, 0.29) is 5.70 Å². The highest BCUT2D eigenvalue weighted by atomic mass is 16.5. The molecule has 26 heavy (non-hydrogen) atoms. The molecule has 2 N–H and O–H groups in total. The highest BCUT2D eigenvalue weighted by Gasteiger charge is 2.15. The van der Waals surface area contributed by atoms with Gasteiger partial charge in [-0.05, 0) is 42.8 Å². The van der Waals surface area contributed by atoms with Crippen LogP contribution in [-0.4, -0.2) is 39.2 Å². The highest BCUT2D eigenvalue weighted by molar-refractivity contribution is 6.05. The monoisotopic (exact) mass is 358 g/mol. The molecule has 0 aliphatic carbocycles. The Balaban J connectivity index is 2.10. The normalized spacial score (nSPS) is 11.1. The third-order valence-electron chi connectivity index (χ3n) is 3.49. The van der Waals surface area contributed by atoms with Gasteiger partial charge in [0, 0.05) is 31.9 Å². The van der Waals surface area contributed by atoms with Gasteiger partial charge < -0.3 is 24.5 Å². The van der Waals surface area contributed by atoms with Crippen LogP contribution in [0.5, 0.6) is 5.75 Å². The Morgan fingerprint density at radius 2 is 1.92 bits per heavy atom. The Hall–Kier alpha value is -3.06. The molecule has 0 aliphatic rings. The average Bonchev–Trinajstić information content (AvgIpc) is 3.17. The van der Waals surface area contributed by atoms with Crippen LogP contribution in [0.15, 0.2) is 52.8 Å². The van der Waals surface area contributed by atoms with Crippen molar-refractivity contribution in [2.75, 3.05) is 27.4 Å². The predicted molar refractivity (Wildman–Crippen MR) is 96.6 cm³/mol. The van der Waals surface area contributed by atoms with Crippen LogP contribution in [0.3, 0.4) is 0 Å². The quantitative estimate of drug-likeness (QED) is 0.530. The van der Waals surface area contributed by atoms with E-state index >= 15 is 0 Å². The van der Waals surface area contributed by atoms with Gasteiger partial charge in [-0.3, -0.25) is 9.59 Å². The Bertz CT molecular complexity index is 736. The number of nitrogens with one attached hydrogen (secondary N) is 2. The van der Waals surface area contributed by atoms with Crippen molar-refractivity contribution in [2.24, 2.45) is 0 Å². The molecular formula is C19H22N2O5. The minimum absolute atomic E-state index is 0.0955. The Kier molecular flexibility index (Phi) is 7.45. The van der Waals surface area contributed by atoms with E-state index in [0.29, 0.717) is 36.6 Å². The molecule has 0 saturated carbocycles. The van der Waals surface area contributed by atoms with Gasteiger partial charge >= 0.3 is 0 Å². The van der Waals surface area contributed by atoms with E-state index in [1.165, 1.54) is 12.3 Å². The van der Waals surface area contributed by atoms with Gasteiger partial charge in [0.25, 0.3) is 11.8 Å². The molecule has 7 heteroatoms. The van der Waals surface area contributed by atoms with Crippen LogP contribution in [0.25, 0.3) is 6.08 Å². The first-order chi connectivity index (χ1) is 12.6. The lowest BCUT2D eigenvalue weighted by molar-refractivity contribution is -0.117. The summed E-state index contributed by atoms with van der Waals surface area (Å²) >= 11 is 0. The minimum atomic E-state index is -0.405. The highest BCUT2D eigenvalue weighted by Crippen LogP contribution is 2.12. The summed E-state index contributed by atoms with van der Waals surface area (Å²) in [6.07, 6.45) is 3.64. The second-order valence-electron chi connectivity index (χ2n) is 5.36.